The van der Waals surface area contributed by atoms with Crippen molar-refractivity contribution in [1.29, 1.82) is 0 Å². The van der Waals surface area contributed by atoms with E-state index in [9.17, 15) is 10.2 Å². The maximum atomic E-state index is 11.2. The molecule has 0 aliphatic heterocycles. The van der Waals surface area contributed by atoms with Crippen LogP contribution in [-0.2, 0) is 10.8 Å². The number of hydrogen-bond donors (Lipinski definition) is 2. The molecule has 0 fully saturated rings. The Kier molecular flexibility index (Phi) is 6.33. The van der Waals surface area contributed by atoms with Crippen LogP contribution in [0.3, 0.4) is 0 Å². The molecular weight excluding hydrogens is 368 g/mol. The van der Waals surface area contributed by atoms with Crippen molar-refractivity contribution in [3.8, 4) is 11.5 Å². The standard InChI is InChI=1S/C28H38O2/c1-16(2)19-12-21(25(29)23(14-19)27(6,7)8)18(5)22-13-20(17(3)4)15-24(26(22)30)28(9,10)11/h12-15,18,29-30H,1,3H2,2,4-11H3. The van der Waals surface area contributed by atoms with Crippen molar-refractivity contribution in [1.82, 2.24) is 0 Å². The summed E-state index contributed by atoms with van der Waals surface area (Å²) in [4.78, 5) is 0. The van der Waals surface area contributed by atoms with Gasteiger partial charge in [0.2, 0.25) is 0 Å². The molecule has 0 aliphatic rings. The number of hydrogen-bond acceptors (Lipinski definition) is 2. The fourth-order valence-electron chi connectivity index (χ4n) is 3.78. The van der Waals surface area contributed by atoms with E-state index in [0.717, 1.165) is 44.5 Å². The molecule has 30 heavy (non-hydrogen) atoms. The van der Waals surface area contributed by atoms with E-state index in [0.29, 0.717) is 0 Å². The molecule has 0 unspecified atom stereocenters. The van der Waals surface area contributed by atoms with Crippen molar-refractivity contribution in [3.63, 3.8) is 0 Å². The molecular formula is C28H38O2. The monoisotopic (exact) mass is 406 g/mol. The van der Waals surface area contributed by atoms with Gasteiger partial charge in [-0.05, 0) is 60.1 Å². The van der Waals surface area contributed by atoms with Crippen LogP contribution in [0.5, 0.6) is 11.5 Å². The summed E-state index contributed by atoms with van der Waals surface area (Å²) in [6, 6.07) is 8.06. The maximum absolute atomic E-state index is 11.2. The van der Waals surface area contributed by atoms with E-state index >= 15 is 0 Å². The third-order valence-corrected chi connectivity index (χ3v) is 5.81. The van der Waals surface area contributed by atoms with Gasteiger partial charge in [0.15, 0.2) is 0 Å². The number of benzene rings is 2. The molecule has 0 saturated heterocycles. The zero-order valence-corrected chi connectivity index (χ0v) is 20.2. The van der Waals surface area contributed by atoms with Crippen molar-refractivity contribution in [2.45, 2.75) is 79.1 Å². The average Bonchev–Trinajstić information content (AvgIpc) is 2.59. The van der Waals surface area contributed by atoms with Crippen LogP contribution < -0.4 is 0 Å². The van der Waals surface area contributed by atoms with Gasteiger partial charge in [-0.3, -0.25) is 0 Å². The molecule has 0 amide bonds. The van der Waals surface area contributed by atoms with Gasteiger partial charge in [-0.2, -0.15) is 0 Å². The Balaban J connectivity index is 2.85. The molecule has 2 nitrogen and oxygen atoms in total. The summed E-state index contributed by atoms with van der Waals surface area (Å²) in [6.07, 6.45) is 0. The molecule has 2 heteroatoms. The van der Waals surface area contributed by atoms with E-state index in [1.807, 2.05) is 45.0 Å². The minimum Gasteiger partial charge on any atom is -0.507 e. The lowest BCUT2D eigenvalue weighted by atomic mass is 9.78. The topological polar surface area (TPSA) is 40.5 Å². The normalized spacial score (nSPS) is 12.3. The lowest BCUT2D eigenvalue weighted by molar-refractivity contribution is 0.430. The summed E-state index contributed by atoms with van der Waals surface area (Å²) in [7, 11) is 0. The Bertz CT molecular complexity index is 913. The Morgan fingerprint density at radius 1 is 0.700 bits per heavy atom. The van der Waals surface area contributed by atoms with Gasteiger partial charge in [0.05, 0.1) is 0 Å². The number of allylic oxidation sites excluding steroid dienone is 2. The highest BCUT2D eigenvalue weighted by Gasteiger charge is 2.28. The second-order valence-electron chi connectivity index (χ2n) is 10.7. The van der Waals surface area contributed by atoms with E-state index < -0.39 is 0 Å². The summed E-state index contributed by atoms with van der Waals surface area (Å²) in [6.45, 7) is 26.8. The Morgan fingerprint density at radius 3 is 1.23 bits per heavy atom. The SMILES string of the molecule is C=C(C)c1cc(C(C)c2cc(C(=C)C)cc(C(C)(C)C)c2O)c(O)c(C(C)(C)C)c1. The Labute approximate surface area is 183 Å². The summed E-state index contributed by atoms with van der Waals surface area (Å²) >= 11 is 0. The van der Waals surface area contributed by atoms with Crippen LogP contribution in [0, 0.1) is 0 Å². The van der Waals surface area contributed by atoms with E-state index in [4.69, 9.17) is 0 Å². The molecule has 2 N–H and O–H groups in total. The lowest BCUT2D eigenvalue weighted by Gasteiger charge is -2.28. The predicted molar refractivity (Wildman–Crippen MR) is 131 cm³/mol. The molecule has 0 aromatic heterocycles. The summed E-state index contributed by atoms with van der Waals surface area (Å²) in [5.74, 6) is 0.376. The third-order valence-electron chi connectivity index (χ3n) is 5.81. The molecule has 0 aliphatic carbocycles. The van der Waals surface area contributed by atoms with Crippen LogP contribution in [0.25, 0.3) is 11.1 Å². The maximum Gasteiger partial charge on any atom is 0.123 e. The van der Waals surface area contributed by atoms with Gasteiger partial charge in [-0.15, -0.1) is 0 Å². The molecule has 0 atom stereocenters. The highest BCUT2D eigenvalue weighted by atomic mass is 16.3. The van der Waals surface area contributed by atoms with Crippen molar-refractivity contribution < 1.29 is 10.2 Å². The third kappa shape index (κ3) is 4.64. The smallest absolute Gasteiger partial charge is 0.123 e. The van der Waals surface area contributed by atoms with Crippen LogP contribution in [0.2, 0.25) is 0 Å². The molecule has 162 valence electrons. The van der Waals surface area contributed by atoms with Gasteiger partial charge in [0, 0.05) is 28.2 Å². The largest absolute Gasteiger partial charge is 0.507 e. The average molecular weight is 407 g/mol. The molecule has 0 saturated carbocycles. The molecule has 0 heterocycles. The van der Waals surface area contributed by atoms with Gasteiger partial charge in [-0.1, -0.05) is 72.8 Å². The molecule has 0 bridgehead atoms. The van der Waals surface area contributed by atoms with E-state index in [1.54, 1.807) is 0 Å². The first kappa shape index (κ1) is 23.8. The van der Waals surface area contributed by atoms with Gasteiger partial charge >= 0.3 is 0 Å². The van der Waals surface area contributed by atoms with Gasteiger partial charge in [-0.25, -0.2) is 0 Å². The molecule has 2 rings (SSSR count). The first-order chi connectivity index (χ1) is 13.6. The van der Waals surface area contributed by atoms with Crippen LogP contribution in [0.15, 0.2) is 37.4 Å². The predicted octanol–water partition coefficient (Wildman–Crippen LogP) is 7.91. The molecule has 2 aromatic rings. The molecule has 0 spiro atoms. The highest BCUT2D eigenvalue weighted by molar-refractivity contribution is 5.69. The van der Waals surface area contributed by atoms with Gasteiger partial charge in [0.1, 0.15) is 11.5 Å². The fourth-order valence-corrected chi connectivity index (χ4v) is 3.78. The zero-order chi connectivity index (χ0) is 23.2. The van der Waals surface area contributed by atoms with Crippen molar-refractivity contribution in [3.05, 3.63) is 70.8 Å². The van der Waals surface area contributed by atoms with E-state index in [1.165, 1.54) is 0 Å². The lowest BCUT2D eigenvalue weighted by Crippen LogP contribution is -2.15. The number of phenols is 2. The Hall–Kier alpha value is -2.48. The number of rotatable bonds is 4. The van der Waals surface area contributed by atoms with Crippen LogP contribution >= 0.6 is 0 Å². The first-order valence-electron chi connectivity index (χ1n) is 10.6. The molecule has 0 radical (unpaired) electrons. The summed E-state index contributed by atoms with van der Waals surface area (Å²) in [5, 5.41) is 22.5. The van der Waals surface area contributed by atoms with Crippen LogP contribution in [-0.4, -0.2) is 10.2 Å². The highest BCUT2D eigenvalue weighted by Crippen LogP contribution is 2.45. The van der Waals surface area contributed by atoms with Crippen LogP contribution in [0.4, 0.5) is 0 Å². The second kappa shape index (κ2) is 7.98. The second-order valence-corrected chi connectivity index (χ2v) is 10.7. The van der Waals surface area contributed by atoms with Crippen molar-refractivity contribution in [2.24, 2.45) is 0 Å². The minimum atomic E-state index is -0.220. The minimum absolute atomic E-state index is 0.203. The zero-order valence-electron chi connectivity index (χ0n) is 20.2. The number of phenolic OH excluding ortho intramolecular Hbond substituents is 2. The van der Waals surface area contributed by atoms with Gasteiger partial charge < -0.3 is 10.2 Å². The first-order valence-corrected chi connectivity index (χ1v) is 10.6. The van der Waals surface area contributed by atoms with Crippen molar-refractivity contribution in [2.75, 3.05) is 0 Å². The fraction of sp³-hybridized carbons (Fsp3) is 0.429. The number of aromatic hydroxyl groups is 2. The Morgan fingerprint density at radius 2 is 1.00 bits per heavy atom. The van der Waals surface area contributed by atoms with Gasteiger partial charge in [0.25, 0.3) is 0 Å². The van der Waals surface area contributed by atoms with E-state index in [-0.39, 0.29) is 28.2 Å². The van der Waals surface area contributed by atoms with Crippen molar-refractivity contribution >= 4 is 11.1 Å². The van der Waals surface area contributed by atoms with Crippen LogP contribution in [0.1, 0.15) is 102 Å². The summed E-state index contributed by atoms with van der Waals surface area (Å²) in [5.41, 5.74) is 6.84. The molecule has 2 aromatic carbocycles. The summed E-state index contributed by atoms with van der Waals surface area (Å²) < 4.78 is 0. The quantitative estimate of drug-likeness (QED) is 0.541. The van der Waals surface area contributed by atoms with E-state index in [2.05, 4.69) is 54.7 Å².